The van der Waals surface area contributed by atoms with Crippen LogP contribution in [-0.4, -0.2) is 5.11 Å². The smallest absolute Gasteiger partial charge is 0.112 e. The maximum absolute atomic E-state index is 10.8. The molecule has 0 saturated heterocycles. The minimum Gasteiger partial charge on any atom is -0.381 e. The minimum absolute atomic E-state index is 0.898. The summed E-state index contributed by atoms with van der Waals surface area (Å²) in [4.78, 5) is 0. The molecule has 1 heteroatoms. The molecule has 0 heterocycles. The Morgan fingerprint density at radius 3 is 1.74 bits per heavy atom. The summed E-state index contributed by atoms with van der Waals surface area (Å²) < 4.78 is 0. The van der Waals surface area contributed by atoms with Gasteiger partial charge in [-0.05, 0) is 29.2 Å². The Morgan fingerprint density at radius 1 is 0.632 bits per heavy atom. The Bertz CT molecular complexity index is 625. The van der Waals surface area contributed by atoms with Crippen molar-refractivity contribution < 1.29 is 5.11 Å². The lowest BCUT2D eigenvalue weighted by molar-refractivity contribution is 0.102. The quantitative estimate of drug-likeness (QED) is 0.725. The zero-order chi connectivity index (χ0) is 13.3. The standard InChI is InChI=1S/C18H16O/c1-18(19,16-8-3-2-4-9-16)17-12-10-14-6-5-7-15(14)11-13-17/h2-13,19H,1H3. The normalized spacial score (nSPS) is 14.2. The summed E-state index contributed by atoms with van der Waals surface area (Å²) in [7, 11) is 0. The van der Waals surface area contributed by atoms with E-state index in [-0.39, 0.29) is 0 Å². The van der Waals surface area contributed by atoms with E-state index in [1.807, 2.05) is 55.5 Å². The van der Waals surface area contributed by atoms with Crippen LogP contribution in [0.1, 0.15) is 18.1 Å². The van der Waals surface area contributed by atoms with Crippen LogP contribution in [0.25, 0.3) is 11.1 Å². The molecule has 0 bridgehead atoms. The summed E-state index contributed by atoms with van der Waals surface area (Å²) in [6, 6.07) is 24.1. The van der Waals surface area contributed by atoms with Gasteiger partial charge in [0.05, 0.1) is 0 Å². The number of aliphatic hydroxyl groups is 1. The number of benzene rings is 1. The van der Waals surface area contributed by atoms with Crippen LogP contribution in [0, 0.1) is 0 Å². The van der Waals surface area contributed by atoms with Crippen LogP contribution in [0.2, 0.25) is 0 Å². The van der Waals surface area contributed by atoms with Crippen LogP contribution in [0.5, 0.6) is 0 Å². The second-order valence-corrected chi connectivity index (χ2v) is 5.00. The van der Waals surface area contributed by atoms with Crippen molar-refractivity contribution in [2.45, 2.75) is 12.5 Å². The van der Waals surface area contributed by atoms with Gasteiger partial charge in [0.2, 0.25) is 0 Å². The molecule has 19 heavy (non-hydrogen) atoms. The zero-order valence-electron chi connectivity index (χ0n) is 10.9. The molecule has 94 valence electrons. The molecule has 1 aromatic carbocycles. The molecule has 1 N–H and O–H groups in total. The summed E-state index contributed by atoms with van der Waals surface area (Å²) in [5.74, 6) is 0. The van der Waals surface area contributed by atoms with Crippen LogP contribution in [0.4, 0.5) is 0 Å². The SMILES string of the molecule is CC(O)(c1ccccc1)c1ccc2cccc-2cc1. The minimum atomic E-state index is -0.974. The van der Waals surface area contributed by atoms with Gasteiger partial charge >= 0.3 is 0 Å². The van der Waals surface area contributed by atoms with Crippen LogP contribution < -0.4 is 0 Å². The molecule has 1 atom stereocenters. The van der Waals surface area contributed by atoms with E-state index in [0.717, 1.165) is 11.1 Å². The summed E-state index contributed by atoms with van der Waals surface area (Å²) in [6.07, 6.45) is 0. The molecule has 1 unspecified atom stereocenters. The second kappa shape index (κ2) is 4.52. The molecular weight excluding hydrogens is 232 g/mol. The van der Waals surface area contributed by atoms with Crippen LogP contribution >= 0.6 is 0 Å². The lowest BCUT2D eigenvalue weighted by atomic mass is 9.89. The largest absolute Gasteiger partial charge is 0.381 e. The fourth-order valence-electron chi connectivity index (χ4n) is 2.42. The van der Waals surface area contributed by atoms with E-state index in [0.29, 0.717) is 0 Å². The van der Waals surface area contributed by atoms with Gasteiger partial charge in [-0.3, -0.25) is 0 Å². The Balaban J connectivity index is 2.11. The molecule has 2 aliphatic rings. The first-order valence-electron chi connectivity index (χ1n) is 6.45. The third-order valence-corrected chi connectivity index (χ3v) is 3.67. The van der Waals surface area contributed by atoms with Crippen molar-refractivity contribution in [3.8, 4) is 11.1 Å². The van der Waals surface area contributed by atoms with Gasteiger partial charge in [0.25, 0.3) is 0 Å². The fourth-order valence-corrected chi connectivity index (χ4v) is 2.42. The average molecular weight is 248 g/mol. The maximum Gasteiger partial charge on any atom is 0.112 e. The van der Waals surface area contributed by atoms with Gasteiger partial charge in [0.1, 0.15) is 5.60 Å². The van der Waals surface area contributed by atoms with Crippen molar-refractivity contribution in [2.75, 3.05) is 0 Å². The average Bonchev–Trinajstić information content (AvgIpc) is 2.78. The Hall–Kier alpha value is -2.12. The number of rotatable bonds is 2. The molecule has 0 aromatic heterocycles. The van der Waals surface area contributed by atoms with Gasteiger partial charge in [-0.25, -0.2) is 0 Å². The van der Waals surface area contributed by atoms with E-state index >= 15 is 0 Å². The molecule has 0 fully saturated rings. The van der Waals surface area contributed by atoms with Crippen LogP contribution in [0.3, 0.4) is 0 Å². The third-order valence-electron chi connectivity index (χ3n) is 3.67. The van der Waals surface area contributed by atoms with E-state index in [4.69, 9.17) is 0 Å². The monoisotopic (exact) mass is 248 g/mol. The van der Waals surface area contributed by atoms with Gasteiger partial charge in [0, 0.05) is 0 Å². The van der Waals surface area contributed by atoms with Crippen molar-refractivity contribution in [1.82, 2.24) is 0 Å². The molecule has 2 aliphatic carbocycles. The highest BCUT2D eigenvalue weighted by molar-refractivity contribution is 5.66. The molecule has 1 aromatic rings. The lowest BCUT2D eigenvalue weighted by Crippen LogP contribution is -2.22. The second-order valence-electron chi connectivity index (χ2n) is 5.00. The molecule has 3 rings (SSSR count). The van der Waals surface area contributed by atoms with Crippen LogP contribution in [-0.2, 0) is 5.60 Å². The summed E-state index contributed by atoms with van der Waals surface area (Å²) in [5, 5.41) is 10.8. The van der Waals surface area contributed by atoms with E-state index in [1.165, 1.54) is 11.1 Å². The van der Waals surface area contributed by atoms with E-state index in [2.05, 4.69) is 24.3 Å². The van der Waals surface area contributed by atoms with Gasteiger partial charge < -0.3 is 5.11 Å². The predicted octanol–water partition coefficient (Wildman–Crippen LogP) is 4.05. The Kier molecular flexibility index (Phi) is 2.84. The fraction of sp³-hybridized carbons (Fsp3) is 0.111. The maximum atomic E-state index is 10.8. The van der Waals surface area contributed by atoms with Crippen molar-refractivity contribution in [3.05, 3.63) is 83.9 Å². The molecule has 1 nitrogen and oxygen atoms in total. The Morgan fingerprint density at radius 2 is 1.16 bits per heavy atom. The number of hydrogen-bond donors (Lipinski definition) is 1. The summed E-state index contributed by atoms with van der Waals surface area (Å²) >= 11 is 0. The zero-order valence-corrected chi connectivity index (χ0v) is 10.9. The van der Waals surface area contributed by atoms with E-state index in [9.17, 15) is 5.11 Å². The van der Waals surface area contributed by atoms with Crippen molar-refractivity contribution in [2.24, 2.45) is 0 Å². The van der Waals surface area contributed by atoms with E-state index < -0.39 is 5.60 Å². The van der Waals surface area contributed by atoms with Gasteiger partial charge in [-0.15, -0.1) is 0 Å². The molecule has 0 aliphatic heterocycles. The van der Waals surface area contributed by atoms with Crippen LogP contribution in [0.15, 0.2) is 72.8 Å². The molecule has 0 radical (unpaired) electrons. The van der Waals surface area contributed by atoms with Crippen molar-refractivity contribution in [1.29, 1.82) is 0 Å². The summed E-state index contributed by atoms with van der Waals surface area (Å²) in [5.41, 5.74) is 3.21. The van der Waals surface area contributed by atoms with Gasteiger partial charge in [-0.2, -0.15) is 0 Å². The van der Waals surface area contributed by atoms with Crippen molar-refractivity contribution >= 4 is 0 Å². The topological polar surface area (TPSA) is 20.2 Å². The highest BCUT2D eigenvalue weighted by atomic mass is 16.3. The van der Waals surface area contributed by atoms with Gasteiger partial charge in [-0.1, -0.05) is 72.8 Å². The predicted molar refractivity (Wildman–Crippen MR) is 78.2 cm³/mol. The summed E-state index contributed by atoms with van der Waals surface area (Å²) in [6.45, 7) is 1.84. The number of hydrogen-bond acceptors (Lipinski definition) is 1. The number of fused-ring (bicyclic) bond motifs is 1. The molecular formula is C18H16O. The van der Waals surface area contributed by atoms with Gasteiger partial charge in [0.15, 0.2) is 0 Å². The first-order valence-corrected chi connectivity index (χ1v) is 6.45. The molecule has 0 spiro atoms. The van der Waals surface area contributed by atoms with E-state index in [1.54, 1.807) is 0 Å². The third kappa shape index (κ3) is 2.13. The molecule has 0 saturated carbocycles. The first-order chi connectivity index (χ1) is 9.18. The Labute approximate surface area is 113 Å². The molecule has 0 amide bonds. The van der Waals surface area contributed by atoms with Crippen molar-refractivity contribution in [3.63, 3.8) is 0 Å². The first kappa shape index (κ1) is 11.9. The lowest BCUT2D eigenvalue weighted by Gasteiger charge is -2.23. The highest BCUT2D eigenvalue weighted by Crippen LogP contribution is 2.30. The highest BCUT2D eigenvalue weighted by Gasteiger charge is 2.24.